The molecule has 1 aliphatic rings. The molecule has 1 aliphatic carbocycles. The van der Waals surface area contributed by atoms with Crippen molar-refractivity contribution in [2.24, 2.45) is 0 Å². The van der Waals surface area contributed by atoms with Crippen LogP contribution in [0.2, 0.25) is 5.02 Å². The van der Waals surface area contributed by atoms with Crippen molar-refractivity contribution < 1.29 is 18.0 Å². The van der Waals surface area contributed by atoms with E-state index in [4.69, 9.17) is 11.6 Å². The Morgan fingerprint density at radius 1 is 1.07 bits per heavy atom. The van der Waals surface area contributed by atoms with Crippen LogP contribution in [0.25, 0.3) is 0 Å². The quantitative estimate of drug-likeness (QED) is 0.797. The summed E-state index contributed by atoms with van der Waals surface area (Å²) in [4.78, 5) is 25.1. The highest BCUT2D eigenvalue weighted by atomic mass is 35.5. The Labute approximate surface area is 162 Å². The second kappa shape index (κ2) is 7.32. The van der Waals surface area contributed by atoms with Gasteiger partial charge in [-0.1, -0.05) is 17.7 Å². The Morgan fingerprint density at radius 3 is 2.41 bits per heavy atom. The standard InChI is InChI=1S/C19H19ClN2O4S/c1-11-3-4-12(9-17(11)27(2,25)26)18(23)22-16-8-5-13(20)10-15(16)19(24)21-14-6-7-14/h3-5,8-10,14H,6-7H2,1-2H3,(H,21,24)(H,22,23). The summed E-state index contributed by atoms with van der Waals surface area (Å²) in [6, 6.07) is 9.23. The minimum Gasteiger partial charge on any atom is -0.349 e. The molecule has 2 aromatic carbocycles. The van der Waals surface area contributed by atoms with Crippen molar-refractivity contribution in [2.45, 2.75) is 30.7 Å². The van der Waals surface area contributed by atoms with Crippen LogP contribution in [0.1, 0.15) is 39.1 Å². The van der Waals surface area contributed by atoms with Gasteiger partial charge in [-0.15, -0.1) is 0 Å². The summed E-state index contributed by atoms with van der Waals surface area (Å²) in [7, 11) is -3.46. The summed E-state index contributed by atoms with van der Waals surface area (Å²) in [6.07, 6.45) is 2.97. The van der Waals surface area contributed by atoms with Gasteiger partial charge in [-0.05, 0) is 55.7 Å². The molecule has 8 heteroatoms. The zero-order valence-corrected chi connectivity index (χ0v) is 16.4. The SMILES string of the molecule is Cc1ccc(C(=O)Nc2ccc(Cl)cc2C(=O)NC2CC2)cc1S(C)(=O)=O. The van der Waals surface area contributed by atoms with Gasteiger partial charge in [-0.2, -0.15) is 0 Å². The first-order valence-corrected chi connectivity index (χ1v) is 10.6. The first-order valence-electron chi connectivity index (χ1n) is 8.37. The van der Waals surface area contributed by atoms with E-state index >= 15 is 0 Å². The van der Waals surface area contributed by atoms with E-state index in [1.165, 1.54) is 12.1 Å². The highest BCUT2D eigenvalue weighted by Gasteiger charge is 2.25. The zero-order chi connectivity index (χ0) is 19.8. The Kier molecular flexibility index (Phi) is 5.26. The van der Waals surface area contributed by atoms with Gasteiger partial charge in [0.1, 0.15) is 0 Å². The largest absolute Gasteiger partial charge is 0.349 e. The molecule has 0 aromatic heterocycles. The monoisotopic (exact) mass is 406 g/mol. The van der Waals surface area contributed by atoms with E-state index < -0.39 is 15.7 Å². The predicted octanol–water partition coefficient (Wildman–Crippen LogP) is 3.20. The normalized spacial score (nSPS) is 13.9. The Bertz CT molecular complexity index is 1030. The van der Waals surface area contributed by atoms with Crippen molar-refractivity contribution in [3.63, 3.8) is 0 Å². The fraction of sp³-hybridized carbons (Fsp3) is 0.263. The maximum absolute atomic E-state index is 12.6. The molecule has 3 rings (SSSR count). The van der Waals surface area contributed by atoms with Crippen LogP contribution < -0.4 is 10.6 Å². The molecule has 0 heterocycles. The lowest BCUT2D eigenvalue weighted by molar-refractivity contribution is 0.0952. The van der Waals surface area contributed by atoms with Crippen molar-refractivity contribution in [3.8, 4) is 0 Å². The number of hydrogen-bond donors (Lipinski definition) is 2. The summed E-state index contributed by atoms with van der Waals surface area (Å²) in [5.74, 6) is -0.821. The average Bonchev–Trinajstić information content (AvgIpc) is 3.39. The van der Waals surface area contributed by atoms with Crippen LogP contribution in [0.5, 0.6) is 0 Å². The molecule has 142 valence electrons. The Morgan fingerprint density at radius 2 is 1.78 bits per heavy atom. The number of amides is 2. The minimum absolute atomic E-state index is 0.0953. The van der Waals surface area contributed by atoms with Crippen LogP contribution in [0, 0.1) is 6.92 Å². The van der Waals surface area contributed by atoms with Crippen molar-refractivity contribution in [3.05, 3.63) is 58.1 Å². The maximum Gasteiger partial charge on any atom is 0.255 e. The summed E-state index contributed by atoms with van der Waals surface area (Å²) in [6.45, 7) is 1.66. The van der Waals surface area contributed by atoms with Crippen LogP contribution in [0.3, 0.4) is 0 Å². The van der Waals surface area contributed by atoms with E-state index in [1.54, 1.807) is 31.2 Å². The molecule has 27 heavy (non-hydrogen) atoms. The molecule has 0 aliphatic heterocycles. The zero-order valence-electron chi connectivity index (χ0n) is 14.9. The maximum atomic E-state index is 12.6. The number of sulfone groups is 1. The first kappa shape index (κ1) is 19.4. The van der Waals surface area contributed by atoms with E-state index in [0.29, 0.717) is 16.3 Å². The van der Waals surface area contributed by atoms with Gasteiger partial charge in [0.15, 0.2) is 9.84 Å². The van der Waals surface area contributed by atoms with Crippen LogP contribution >= 0.6 is 11.6 Å². The number of hydrogen-bond acceptors (Lipinski definition) is 4. The number of halogens is 1. The topological polar surface area (TPSA) is 92.3 Å². The number of nitrogens with one attached hydrogen (secondary N) is 2. The van der Waals surface area contributed by atoms with Gasteiger partial charge in [-0.25, -0.2) is 8.42 Å². The lowest BCUT2D eigenvalue weighted by atomic mass is 10.1. The third-order valence-corrected chi connectivity index (χ3v) is 5.71. The van der Waals surface area contributed by atoms with E-state index in [2.05, 4.69) is 10.6 Å². The van der Waals surface area contributed by atoms with E-state index in [-0.39, 0.29) is 28.0 Å². The van der Waals surface area contributed by atoms with Crippen LogP contribution in [0.4, 0.5) is 5.69 Å². The number of anilines is 1. The second-order valence-corrected chi connectivity index (χ2v) is 9.06. The molecule has 0 bridgehead atoms. The van der Waals surface area contributed by atoms with Gasteiger partial charge in [0.05, 0.1) is 16.1 Å². The van der Waals surface area contributed by atoms with Crippen LogP contribution in [0.15, 0.2) is 41.3 Å². The Balaban J connectivity index is 1.89. The second-order valence-electron chi connectivity index (χ2n) is 6.64. The van der Waals surface area contributed by atoms with E-state index in [0.717, 1.165) is 19.1 Å². The molecule has 6 nitrogen and oxygen atoms in total. The molecule has 1 fully saturated rings. The smallest absolute Gasteiger partial charge is 0.255 e. The molecule has 2 amide bonds. The predicted molar refractivity (Wildman–Crippen MR) is 104 cm³/mol. The molecule has 2 aromatic rings. The molecule has 0 spiro atoms. The van der Waals surface area contributed by atoms with Gasteiger partial charge in [0, 0.05) is 22.9 Å². The third-order valence-electron chi connectivity index (χ3n) is 4.24. The summed E-state index contributed by atoms with van der Waals surface area (Å²) in [5.41, 5.74) is 1.32. The molecule has 0 radical (unpaired) electrons. The molecule has 1 saturated carbocycles. The third kappa shape index (κ3) is 4.67. The number of carbonyl (C=O) groups excluding carboxylic acids is 2. The van der Waals surface area contributed by atoms with Gasteiger partial charge < -0.3 is 10.6 Å². The summed E-state index contributed by atoms with van der Waals surface area (Å²) < 4.78 is 23.8. The lowest BCUT2D eigenvalue weighted by Gasteiger charge is -2.13. The number of rotatable bonds is 5. The molecular weight excluding hydrogens is 388 g/mol. The molecule has 0 atom stereocenters. The van der Waals surface area contributed by atoms with E-state index in [1.807, 2.05) is 0 Å². The number of aryl methyl sites for hydroxylation is 1. The van der Waals surface area contributed by atoms with Crippen LogP contribution in [-0.2, 0) is 9.84 Å². The van der Waals surface area contributed by atoms with Crippen molar-refractivity contribution >= 4 is 38.9 Å². The van der Waals surface area contributed by atoms with Gasteiger partial charge in [0.25, 0.3) is 11.8 Å². The molecule has 0 saturated heterocycles. The molecular formula is C19H19ClN2O4S. The van der Waals surface area contributed by atoms with Gasteiger partial charge in [0.2, 0.25) is 0 Å². The van der Waals surface area contributed by atoms with Gasteiger partial charge >= 0.3 is 0 Å². The fourth-order valence-electron chi connectivity index (χ4n) is 2.64. The fourth-order valence-corrected chi connectivity index (χ4v) is 3.81. The Hall–Kier alpha value is -2.38. The minimum atomic E-state index is -3.46. The van der Waals surface area contributed by atoms with Crippen LogP contribution in [-0.4, -0.2) is 32.5 Å². The van der Waals surface area contributed by atoms with Crippen molar-refractivity contribution in [1.29, 1.82) is 0 Å². The average molecular weight is 407 g/mol. The molecule has 2 N–H and O–H groups in total. The van der Waals surface area contributed by atoms with Crippen molar-refractivity contribution in [2.75, 3.05) is 11.6 Å². The first-order chi connectivity index (χ1) is 12.6. The van der Waals surface area contributed by atoms with Gasteiger partial charge in [-0.3, -0.25) is 9.59 Å². The van der Waals surface area contributed by atoms with E-state index in [9.17, 15) is 18.0 Å². The van der Waals surface area contributed by atoms with Crippen molar-refractivity contribution in [1.82, 2.24) is 5.32 Å². The number of benzene rings is 2. The molecule has 0 unspecified atom stereocenters. The number of carbonyl (C=O) groups is 2. The lowest BCUT2D eigenvalue weighted by Crippen LogP contribution is -2.27. The summed E-state index contributed by atoms with van der Waals surface area (Å²) in [5, 5.41) is 5.91. The highest BCUT2D eigenvalue weighted by Crippen LogP contribution is 2.25. The summed E-state index contributed by atoms with van der Waals surface area (Å²) >= 11 is 6.00. The highest BCUT2D eigenvalue weighted by molar-refractivity contribution is 7.90.